The Morgan fingerprint density at radius 1 is 1.00 bits per heavy atom. The molecule has 2 heterocycles. The molecular weight excluding hydrogens is 266 g/mol. The molecule has 21 heavy (non-hydrogen) atoms. The average Bonchev–Trinajstić information content (AvgIpc) is 3.32. The largest absolute Gasteiger partial charge is 0.490 e. The number of ether oxygens (including phenoxy) is 2. The van der Waals surface area contributed by atoms with Crippen molar-refractivity contribution in [3.63, 3.8) is 0 Å². The van der Waals surface area contributed by atoms with Crippen LogP contribution in [0.1, 0.15) is 31.0 Å². The normalized spacial score (nSPS) is 17.3. The highest BCUT2D eigenvalue weighted by Gasteiger charge is 2.27. The second kappa shape index (κ2) is 4.91. The van der Waals surface area contributed by atoms with Gasteiger partial charge < -0.3 is 15.2 Å². The predicted molar refractivity (Wildman–Crippen MR) is 79.5 cm³/mol. The van der Waals surface area contributed by atoms with Crippen molar-refractivity contribution in [2.24, 2.45) is 0 Å². The zero-order valence-electron chi connectivity index (χ0n) is 11.7. The van der Waals surface area contributed by atoms with Crippen LogP contribution in [0.5, 0.6) is 11.5 Å². The van der Waals surface area contributed by atoms with Gasteiger partial charge in [-0.05, 0) is 31.0 Å². The number of anilines is 1. The van der Waals surface area contributed by atoms with Gasteiger partial charge in [0, 0.05) is 24.0 Å². The molecule has 1 aliphatic carbocycles. The molecule has 2 N–H and O–H groups in total. The quantitative estimate of drug-likeness (QED) is 0.917. The van der Waals surface area contributed by atoms with Crippen LogP contribution >= 0.6 is 0 Å². The first-order valence-corrected chi connectivity index (χ1v) is 7.34. The smallest absolute Gasteiger partial charge is 0.161 e. The second-order valence-corrected chi connectivity index (χ2v) is 5.52. The summed E-state index contributed by atoms with van der Waals surface area (Å²) in [5.41, 5.74) is 7.75. The maximum absolute atomic E-state index is 5.92. The molecule has 1 saturated carbocycles. The van der Waals surface area contributed by atoms with Crippen molar-refractivity contribution in [3.8, 4) is 22.8 Å². The van der Waals surface area contributed by atoms with Crippen LogP contribution in [-0.4, -0.2) is 23.2 Å². The second-order valence-electron chi connectivity index (χ2n) is 5.52. The van der Waals surface area contributed by atoms with E-state index in [2.05, 4.69) is 9.97 Å². The zero-order chi connectivity index (χ0) is 14.2. The molecular formula is C16H17N3O2. The molecule has 2 aromatic rings. The fraction of sp³-hybridized carbons (Fsp3) is 0.375. The lowest BCUT2D eigenvalue weighted by atomic mass is 10.1. The molecule has 108 valence electrons. The Morgan fingerprint density at radius 2 is 1.81 bits per heavy atom. The van der Waals surface area contributed by atoms with Gasteiger partial charge in [0.2, 0.25) is 0 Å². The minimum atomic E-state index is 0.479. The van der Waals surface area contributed by atoms with Crippen molar-refractivity contribution < 1.29 is 9.47 Å². The Bertz CT molecular complexity index is 683. The minimum absolute atomic E-state index is 0.479. The van der Waals surface area contributed by atoms with Crippen molar-refractivity contribution in [1.29, 1.82) is 0 Å². The van der Waals surface area contributed by atoms with Crippen LogP contribution in [0.2, 0.25) is 0 Å². The molecule has 0 saturated heterocycles. The van der Waals surface area contributed by atoms with Crippen molar-refractivity contribution in [2.45, 2.75) is 25.2 Å². The van der Waals surface area contributed by atoms with E-state index in [9.17, 15) is 0 Å². The maximum atomic E-state index is 5.92. The Labute approximate surface area is 123 Å². The highest BCUT2D eigenvalue weighted by Crippen LogP contribution is 2.39. The summed E-state index contributed by atoms with van der Waals surface area (Å²) in [5, 5.41) is 0. The van der Waals surface area contributed by atoms with Gasteiger partial charge in [-0.1, -0.05) is 0 Å². The summed E-state index contributed by atoms with van der Waals surface area (Å²) < 4.78 is 11.4. The maximum Gasteiger partial charge on any atom is 0.161 e. The lowest BCUT2D eigenvalue weighted by Crippen LogP contribution is -2.00. The van der Waals surface area contributed by atoms with Gasteiger partial charge in [-0.2, -0.15) is 0 Å². The van der Waals surface area contributed by atoms with Crippen LogP contribution in [0.25, 0.3) is 11.3 Å². The van der Waals surface area contributed by atoms with Crippen molar-refractivity contribution >= 4 is 5.82 Å². The number of hydrogen-bond donors (Lipinski definition) is 1. The first-order chi connectivity index (χ1) is 10.3. The Morgan fingerprint density at radius 3 is 2.62 bits per heavy atom. The van der Waals surface area contributed by atoms with E-state index in [1.807, 2.05) is 24.3 Å². The topological polar surface area (TPSA) is 70.3 Å². The number of aromatic nitrogens is 2. The fourth-order valence-corrected chi connectivity index (χ4v) is 2.48. The molecule has 5 nitrogen and oxygen atoms in total. The molecule has 1 aliphatic heterocycles. The summed E-state index contributed by atoms with van der Waals surface area (Å²) in [6, 6.07) is 7.71. The molecule has 2 aliphatic rings. The average molecular weight is 283 g/mol. The van der Waals surface area contributed by atoms with Crippen LogP contribution < -0.4 is 15.2 Å². The molecule has 0 radical (unpaired) electrons. The van der Waals surface area contributed by atoms with Gasteiger partial charge in [0.25, 0.3) is 0 Å². The van der Waals surface area contributed by atoms with E-state index in [0.717, 1.165) is 47.8 Å². The fourth-order valence-electron chi connectivity index (χ4n) is 2.48. The lowest BCUT2D eigenvalue weighted by molar-refractivity contribution is 0.297. The molecule has 0 bridgehead atoms. The number of fused-ring (bicyclic) bond motifs is 1. The van der Waals surface area contributed by atoms with Crippen molar-refractivity contribution in [1.82, 2.24) is 9.97 Å². The molecule has 4 rings (SSSR count). The van der Waals surface area contributed by atoms with E-state index < -0.39 is 0 Å². The Hall–Kier alpha value is -2.30. The first kappa shape index (κ1) is 12.4. The molecule has 1 aromatic heterocycles. The molecule has 1 fully saturated rings. The zero-order valence-corrected chi connectivity index (χ0v) is 11.7. The van der Waals surface area contributed by atoms with Crippen LogP contribution in [-0.2, 0) is 0 Å². The van der Waals surface area contributed by atoms with Gasteiger partial charge >= 0.3 is 0 Å². The summed E-state index contributed by atoms with van der Waals surface area (Å²) in [5.74, 6) is 3.43. The summed E-state index contributed by atoms with van der Waals surface area (Å²) in [6.45, 7) is 1.37. The molecule has 0 amide bonds. The summed E-state index contributed by atoms with van der Waals surface area (Å²) in [4.78, 5) is 8.99. The molecule has 0 spiro atoms. The van der Waals surface area contributed by atoms with Crippen LogP contribution in [0.15, 0.2) is 24.3 Å². The lowest BCUT2D eigenvalue weighted by Gasteiger charge is -2.10. The van der Waals surface area contributed by atoms with Gasteiger partial charge in [0.05, 0.1) is 18.9 Å². The van der Waals surface area contributed by atoms with E-state index >= 15 is 0 Å². The van der Waals surface area contributed by atoms with E-state index in [-0.39, 0.29) is 0 Å². The summed E-state index contributed by atoms with van der Waals surface area (Å²) >= 11 is 0. The summed E-state index contributed by atoms with van der Waals surface area (Å²) in [6.07, 6.45) is 3.21. The van der Waals surface area contributed by atoms with Gasteiger partial charge in [-0.3, -0.25) is 0 Å². The van der Waals surface area contributed by atoms with Gasteiger partial charge in [-0.15, -0.1) is 0 Å². The van der Waals surface area contributed by atoms with E-state index in [0.29, 0.717) is 24.9 Å². The van der Waals surface area contributed by atoms with Crippen LogP contribution in [0.3, 0.4) is 0 Å². The van der Waals surface area contributed by atoms with E-state index in [4.69, 9.17) is 15.2 Å². The Balaban J connectivity index is 1.74. The van der Waals surface area contributed by atoms with Gasteiger partial charge in [0.1, 0.15) is 11.6 Å². The molecule has 1 aromatic carbocycles. The predicted octanol–water partition coefficient (Wildman–Crippen LogP) is 2.76. The van der Waals surface area contributed by atoms with Gasteiger partial charge in [0.15, 0.2) is 11.5 Å². The number of nitrogens with two attached hydrogens (primary N) is 1. The summed E-state index contributed by atoms with van der Waals surface area (Å²) in [7, 11) is 0. The van der Waals surface area contributed by atoms with Gasteiger partial charge in [-0.25, -0.2) is 9.97 Å². The molecule has 0 atom stereocenters. The number of rotatable bonds is 2. The molecule has 0 unspecified atom stereocenters. The van der Waals surface area contributed by atoms with Crippen LogP contribution in [0.4, 0.5) is 5.82 Å². The van der Waals surface area contributed by atoms with Crippen LogP contribution in [0, 0.1) is 0 Å². The SMILES string of the molecule is Nc1cc(-c2ccc3c(c2)OCCCO3)nc(C2CC2)n1. The number of nitrogens with zero attached hydrogens (tertiary/aromatic N) is 2. The third kappa shape index (κ3) is 2.51. The monoisotopic (exact) mass is 283 g/mol. The number of benzene rings is 1. The first-order valence-electron chi connectivity index (χ1n) is 7.34. The number of nitrogen functional groups attached to an aromatic ring is 1. The highest BCUT2D eigenvalue weighted by molar-refractivity contribution is 5.66. The minimum Gasteiger partial charge on any atom is -0.490 e. The van der Waals surface area contributed by atoms with Crippen molar-refractivity contribution in [3.05, 3.63) is 30.1 Å². The number of hydrogen-bond acceptors (Lipinski definition) is 5. The standard InChI is InChI=1S/C16H17N3O2/c17-15-9-12(18-16(19-15)10-2-3-10)11-4-5-13-14(8-11)21-7-1-6-20-13/h4-5,8-10H,1-3,6-7H2,(H2,17,18,19). The highest BCUT2D eigenvalue weighted by atomic mass is 16.5. The third-order valence-corrected chi connectivity index (χ3v) is 3.75. The van der Waals surface area contributed by atoms with E-state index in [1.54, 1.807) is 0 Å². The van der Waals surface area contributed by atoms with Crippen molar-refractivity contribution in [2.75, 3.05) is 18.9 Å². The third-order valence-electron chi connectivity index (χ3n) is 3.75. The molecule has 5 heteroatoms. The Kier molecular flexibility index (Phi) is 2.91. The van der Waals surface area contributed by atoms with E-state index in [1.165, 1.54) is 0 Å².